The average Bonchev–Trinajstić information content (AvgIpc) is 2.99. The van der Waals surface area contributed by atoms with Gasteiger partial charge >= 0.3 is 0 Å². The van der Waals surface area contributed by atoms with Crippen LogP contribution in [0.1, 0.15) is 17.5 Å². The minimum absolute atomic E-state index is 0.421. The monoisotopic (exact) mass is 255 g/mol. The van der Waals surface area contributed by atoms with Crippen molar-refractivity contribution in [3.63, 3.8) is 0 Å². The minimum Gasteiger partial charge on any atom is -0.497 e. The summed E-state index contributed by atoms with van der Waals surface area (Å²) in [5.41, 5.74) is 4.86. The van der Waals surface area contributed by atoms with Gasteiger partial charge in [0.15, 0.2) is 0 Å². The molecule has 3 rings (SSSR count). The van der Waals surface area contributed by atoms with Crippen LogP contribution >= 0.6 is 0 Å². The van der Waals surface area contributed by atoms with Crippen LogP contribution < -0.4 is 10.2 Å². The van der Waals surface area contributed by atoms with Gasteiger partial charge in [-0.15, -0.1) is 0 Å². The van der Waals surface area contributed by atoms with Gasteiger partial charge in [-0.3, -0.25) is 4.84 Å². The topological polar surface area (TPSA) is 30.5 Å². The van der Waals surface area contributed by atoms with Crippen LogP contribution in [0.15, 0.2) is 54.6 Å². The maximum absolute atomic E-state index is 5.91. The zero-order chi connectivity index (χ0) is 13.1. The van der Waals surface area contributed by atoms with Crippen LogP contribution in [0.4, 0.5) is 0 Å². The standard InChI is InChI=1S/C16H17NO2/c1-18-15-9-5-8-14(12-15)16(10-11-17-19-16)13-6-3-2-4-7-13/h2-9,12,17H,10-11H2,1H3. The molecule has 0 saturated carbocycles. The van der Waals surface area contributed by atoms with E-state index in [9.17, 15) is 0 Å². The molecule has 0 radical (unpaired) electrons. The summed E-state index contributed by atoms with van der Waals surface area (Å²) >= 11 is 0. The molecule has 1 aliphatic heterocycles. The van der Waals surface area contributed by atoms with Gasteiger partial charge in [0.05, 0.1) is 7.11 Å². The molecular weight excluding hydrogens is 238 g/mol. The molecule has 1 N–H and O–H groups in total. The molecule has 1 saturated heterocycles. The molecule has 1 atom stereocenters. The maximum Gasteiger partial charge on any atom is 0.141 e. The Balaban J connectivity index is 2.10. The van der Waals surface area contributed by atoms with Crippen molar-refractivity contribution >= 4 is 0 Å². The van der Waals surface area contributed by atoms with Crippen molar-refractivity contribution in [2.45, 2.75) is 12.0 Å². The van der Waals surface area contributed by atoms with E-state index in [-0.39, 0.29) is 0 Å². The second-order valence-electron chi connectivity index (χ2n) is 4.67. The highest BCUT2D eigenvalue weighted by Gasteiger charge is 2.39. The molecule has 98 valence electrons. The summed E-state index contributed by atoms with van der Waals surface area (Å²) in [6, 6.07) is 18.4. The highest BCUT2D eigenvalue weighted by Crippen LogP contribution is 2.39. The second kappa shape index (κ2) is 5.03. The largest absolute Gasteiger partial charge is 0.497 e. The highest BCUT2D eigenvalue weighted by molar-refractivity contribution is 5.40. The Kier molecular flexibility index (Phi) is 3.23. The van der Waals surface area contributed by atoms with Crippen molar-refractivity contribution in [1.29, 1.82) is 0 Å². The molecular formula is C16H17NO2. The predicted octanol–water partition coefficient (Wildman–Crippen LogP) is 2.86. The SMILES string of the molecule is COc1cccc(C2(c3ccccc3)CCNO2)c1. The summed E-state index contributed by atoms with van der Waals surface area (Å²) in [6.45, 7) is 0.839. The van der Waals surface area contributed by atoms with E-state index in [4.69, 9.17) is 9.57 Å². The molecule has 1 fully saturated rings. The third kappa shape index (κ3) is 2.11. The number of rotatable bonds is 3. The second-order valence-corrected chi connectivity index (χ2v) is 4.67. The molecule has 3 heteroatoms. The Hall–Kier alpha value is -1.84. The van der Waals surface area contributed by atoms with Gasteiger partial charge in [-0.2, -0.15) is 0 Å². The lowest BCUT2D eigenvalue weighted by atomic mass is 9.84. The van der Waals surface area contributed by atoms with E-state index in [1.807, 2.05) is 36.4 Å². The number of methoxy groups -OCH3 is 1. The third-order valence-electron chi connectivity index (χ3n) is 3.60. The Morgan fingerprint density at radius 1 is 1.05 bits per heavy atom. The lowest BCUT2D eigenvalue weighted by Crippen LogP contribution is -2.28. The predicted molar refractivity (Wildman–Crippen MR) is 73.9 cm³/mol. The van der Waals surface area contributed by atoms with Crippen molar-refractivity contribution in [3.8, 4) is 5.75 Å². The number of ether oxygens (including phenoxy) is 1. The first kappa shape index (κ1) is 12.2. The highest BCUT2D eigenvalue weighted by atomic mass is 16.7. The summed E-state index contributed by atoms with van der Waals surface area (Å²) < 4.78 is 5.32. The molecule has 0 bridgehead atoms. The quantitative estimate of drug-likeness (QED) is 0.914. The van der Waals surface area contributed by atoms with Crippen molar-refractivity contribution in [1.82, 2.24) is 5.48 Å². The smallest absolute Gasteiger partial charge is 0.141 e. The van der Waals surface area contributed by atoms with Gasteiger partial charge in [0.2, 0.25) is 0 Å². The van der Waals surface area contributed by atoms with E-state index in [0.717, 1.165) is 29.8 Å². The normalized spacial score (nSPS) is 22.4. The van der Waals surface area contributed by atoms with Crippen molar-refractivity contribution < 1.29 is 9.57 Å². The fourth-order valence-electron chi connectivity index (χ4n) is 2.61. The third-order valence-corrected chi connectivity index (χ3v) is 3.60. The van der Waals surface area contributed by atoms with Crippen LogP contribution in [-0.2, 0) is 10.4 Å². The van der Waals surface area contributed by atoms with Gasteiger partial charge in [-0.05, 0) is 23.3 Å². The van der Waals surface area contributed by atoms with E-state index < -0.39 is 5.60 Å². The van der Waals surface area contributed by atoms with Gasteiger partial charge in [0, 0.05) is 13.0 Å². The Morgan fingerprint density at radius 3 is 2.53 bits per heavy atom. The van der Waals surface area contributed by atoms with E-state index in [0.29, 0.717) is 0 Å². The summed E-state index contributed by atoms with van der Waals surface area (Å²) in [5.74, 6) is 0.850. The Morgan fingerprint density at radius 2 is 1.84 bits per heavy atom. The van der Waals surface area contributed by atoms with E-state index in [1.54, 1.807) is 7.11 Å². The molecule has 2 aromatic carbocycles. The molecule has 19 heavy (non-hydrogen) atoms. The number of benzene rings is 2. The summed E-state index contributed by atoms with van der Waals surface area (Å²) in [7, 11) is 1.68. The van der Waals surface area contributed by atoms with Crippen molar-refractivity contribution in [2.24, 2.45) is 0 Å². The molecule has 0 aliphatic carbocycles. The van der Waals surface area contributed by atoms with Crippen LogP contribution in [0, 0.1) is 0 Å². The van der Waals surface area contributed by atoms with Gasteiger partial charge in [-0.1, -0.05) is 42.5 Å². The zero-order valence-corrected chi connectivity index (χ0v) is 10.9. The average molecular weight is 255 g/mol. The number of nitrogens with one attached hydrogen (secondary N) is 1. The number of hydroxylamine groups is 1. The molecule has 1 aliphatic rings. The van der Waals surface area contributed by atoms with E-state index in [2.05, 4.69) is 23.7 Å². The molecule has 0 spiro atoms. The van der Waals surface area contributed by atoms with Crippen molar-refractivity contribution in [2.75, 3.05) is 13.7 Å². The van der Waals surface area contributed by atoms with Crippen LogP contribution in [0.5, 0.6) is 5.75 Å². The fourth-order valence-corrected chi connectivity index (χ4v) is 2.61. The molecule has 1 unspecified atom stereocenters. The van der Waals surface area contributed by atoms with E-state index >= 15 is 0 Å². The van der Waals surface area contributed by atoms with Crippen LogP contribution in [0.2, 0.25) is 0 Å². The number of hydrogen-bond donors (Lipinski definition) is 1. The molecule has 2 aromatic rings. The molecule has 0 aromatic heterocycles. The summed E-state index contributed by atoms with van der Waals surface area (Å²) in [6.07, 6.45) is 0.907. The van der Waals surface area contributed by atoms with Crippen molar-refractivity contribution in [3.05, 3.63) is 65.7 Å². The first-order valence-electron chi connectivity index (χ1n) is 6.46. The first-order valence-corrected chi connectivity index (χ1v) is 6.46. The number of hydrogen-bond acceptors (Lipinski definition) is 3. The fraction of sp³-hybridized carbons (Fsp3) is 0.250. The van der Waals surface area contributed by atoms with Gasteiger partial charge in [0.25, 0.3) is 0 Å². The van der Waals surface area contributed by atoms with Crippen LogP contribution in [0.25, 0.3) is 0 Å². The molecule has 0 amide bonds. The van der Waals surface area contributed by atoms with Gasteiger partial charge in [0.1, 0.15) is 11.4 Å². The minimum atomic E-state index is -0.421. The lowest BCUT2D eigenvalue weighted by Gasteiger charge is -2.28. The zero-order valence-electron chi connectivity index (χ0n) is 10.9. The Labute approximate surface area is 113 Å². The van der Waals surface area contributed by atoms with Gasteiger partial charge in [-0.25, -0.2) is 5.48 Å². The Bertz CT molecular complexity index is 548. The molecule has 3 nitrogen and oxygen atoms in total. The van der Waals surface area contributed by atoms with Gasteiger partial charge < -0.3 is 4.74 Å². The summed E-state index contributed by atoms with van der Waals surface area (Å²) in [4.78, 5) is 5.91. The maximum atomic E-state index is 5.91. The summed E-state index contributed by atoms with van der Waals surface area (Å²) in [5, 5.41) is 0. The lowest BCUT2D eigenvalue weighted by molar-refractivity contribution is -0.0283. The van der Waals surface area contributed by atoms with Crippen LogP contribution in [-0.4, -0.2) is 13.7 Å². The molecule has 1 heterocycles. The van der Waals surface area contributed by atoms with Crippen LogP contribution in [0.3, 0.4) is 0 Å². The van der Waals surface area contributed by atoms with E-state index in [1.165, 1.54) is 0 Å². The first-order chi connectivity index (χ1) is 9.35.